The standard InChI is InChI=1S/C57H103NO5/c1-4-7-10-13-16-19-22-24-26-27-28-29-31-33-35-38-41-44-47-50-57(62)63-53(48-45-42-39-36-34-32-30-25-23-20-17-14-11-8-5-2)51-56(61)58-54(52-59)55(60)49-46-43-40-37-21-18-15-12-9-6-3/h8,11,17,20,25,30,34,36,42,45,53-55,59-60H,4-7,9-10,12-16,18-19,21-24,26-29,31-33,35,37-41,43-44,46-52H2,1-3H3,(H,58,61)/b11-8-,20-17-,30-25-,36-34-,45-42-. The number of amides is 1. The van der Waals surface area contributed by atoms with Crippen molar-refractivity contribution in [3.63, 3.8) is 0 Å². The van der Waals surface area contributed by atoms with E-state index in [-0.39, 0.29) is 24.9 Å². The number of aliphatic hydroxyl groups excluding tert-OH is 2. The molecule has 0 aliphatic carbocycles. The van der Waals surface area contributed by atoms with Gasteiger partial charge >= 0.3 is 5.97 Å². The van der Waals surface area contributed by atoms with Crippen LogP contribution in [0.1, 0.15) is 265 Å². The van der Waals surface area contributed by atoms with Gasteiger partial charge < -0.3 is 20.3 Å². The highest BCUT2D eigenvalue weighted by molar-refractivity contribution is 5.77. The number of hydrogen-bond donors (Lipinski definition) is 3. The highest BCUT2D eigenvalue weighted by Crippen LogP contribution is 2.17. The third-order valence-corrected chi connectivity index (χ3v) is 12.1. The molecule has 3 unspecified atom stereocenters. The maximum absolute atomic E-state index is 13.2. The van der Waals surface area contributed by atoms with E-state index >= 15 is 0 Å². The van der Waals surface area contributed by atoms with Gasteiger partial charge in [-0.2, -0.15) is 0 Å². The molecule has 0 aromatic carbocycles. The van der Waals surface area contributed by atoms with Gasteiger partial charge in [-0.15, -0.1) is 0 Å². The third kappa shape index (κ3) is 45.9. The van der Waals surface area contributed by atoms with E-state index in [0.717, 1.165) is 70.6 Å². The number of carbonyl (C=O) groups is 2. The predicted octanol–water partition coefficient (Wildman–Crippen LogP) is 16.4. The highest BCUT2D eigenvalue weighted by atomic mass is 16.5. The van der Waals surface area contributed by atoms with Crippen LogP contribution in [0.2, 0.25) is 0 Å². The van der Waals surface area contributed by atoms with E-state index in [9.17, 15) is 19.8 Å². The Balaban J connectivity index is 4.62. The van der Waals surface area contributed by atoms with E-state index in [2.05, 4.69) is 80.8 Å². The summed E-state index contributed by atoms with van der Waals surface area (Å²) < 4.78 is 5.88. The van der Waals surface area contributed by atoms with Crippen LogP contribution in [0.4, 0.5) is 0 Å². The maximum Gasteiger partial charge on any atom is 0.306 e. The topological polar surface area (TPSA) is 95.9 Å². The van der Waals surface area contributed by atoms with Crippen molar-refractivity contribution in [2.45, 2.75) is 283 Å². The number of aliphatic hydroxyl groups is 2. The average Bonchev–Trinajstić information content (AvgIpc) is 3.28. The molecular weight excluding hydrogens is 779 g/mol. The molecule has 1 amide bonds. The van der Waals surface area contributed by atoms with Crippen LogP contribution >= 0.6 is 0 Å². The van der Waals surface area contributed by atoms with Crippen LogP contribution < -0.4 is 5.32 Å². The van der Waals surface area contributed by atoms with Crippen LogP contribution in [-0.4, -0.2) is 46.9 Å². The number of ether oxygens (including phenoxy) is 1. The minimum absolute atomic E-state index is 0.000715. The van der Waals surface area contributed by atoms with E-state index in [1.54, 1.807) is 0 Å². The fraction of sp³-hybridized carbons (Fsp3) is 0.789. The Labute approximate surface area is 390 Å². The second kappa shape index (κ2) is 50.6. The first-order valence-corrected chi connectivity index (χ1v) is 27.0. The molecule has 0 radical (unpaired) electrons. The minimum atomic E-state index is -0.811. The lowest BCUT2D eigenvalue weighted by molar-refractivity contribution is -0.150. The molecule has 0 saturated carbocycles. The Morgan fingerprint density at radius 1 is 0.476 bits per heavy atom. The van der Waals surface area contributed by atoms with Crippen LogP contribution in [0, 0.1) is 0 Å². The normalized spacial score (nSPS) is 13.7. The fourth-order valence-electron chi connectivity index (χ4n) is 8.04. The van der Waals surface area contributed by atoms with Gasteiger partial charge in [0.1, 0.15) is 6.10 Å². The minimum Gasteiger partial charge on any atom is -0.461 e. The van der Waals surface area contributed by atoms with Crippen molar-refractivity contribution in [2.24, 2.45) is 0 Å². The van der Waals surface area contributed by atoms with Crippen molar-refractivity contribution in [3.8, 4) is 0 Å². The SMILES string of the molecule is CC/C=C\C/C=C\C/C=C\C/C=C\C/C=C\CC(CC(=O)NC(CO)C(O)CCCCCCCCCCCC)OC(=O)CCCCCCCCCCCCCCCCCCCCC. The molecule has 0 rings (SSSR count). The largest absolute Gasteiger partial charge is 0.461 e. The smallest absolute Gasteiger partial charge is 0.306 e. The quantitative estimate of drug-likeness (QED) is 0.0321. The van der Waals surface area contributed by atoms with Crippen molar-refractivity contribution < 1.29 is 24.5 Å². The van der Waals surface area contributed by atoms with Gasteiger partial charge in [0.25, 0.3) is 0 Å². The Kier molecular flexibility index (Phi) is 48.6. The fourth-order valence-corrected chi connectivity index (χ4v) is 8.04. The van der Waals surface area contributed by atoms with Crippen molar-refractivity contribution in [3.05, 3.63) is 60.8 Å². The Bertz CT molecular complexity index is 1130. The van der Waals surface area contributed by atoms with Gasteiger partial charge in [0.15, 0.2) is 0 Å². The van der Waals surface area contributed by atoms with Crippen LogP contribution in [-0.2, 0) is 14.3 Å². The van der Waals surface area contributed by atoms with E-state index < -0.39 is 18.2 Å². The third-order valence-electron chi connectivity index (χ3n) is 12.1. The van der Waals surface area contributed by atoms with Crippen LogP contribution in [0.3, 0.4) is 0 Å². The molecule has 366 valence electrons. The first-order valence-electron chi connectivity index (χ1n) is 27.0. The maximum atomic E-state index is 13.2. The molecule has 0 spiro atoms. The Morgan fingerprint density at radius 3 is 1.21 bits per heavy atom. The van der Waals surface area contributed by atoms with E-state index in [4.69, 9.17) is 4.74 Å². The molecule has 0 aromatic heterocycles. The molecule has 0 heterocycles. The molecule has 6 heteroatoms. The van der Waals surface area contributed by atoms with Gasteiger partial charge in [-0.05, 0) is 44.9 Å². The summed E-state index contributed by atoms with van der Waals surface area (Å²) in [5.74, 6) is -0.573. The summed E-state index contributed by atoms with van der Waals surface area (Å²) in [4.78, 5) is 26.1. The number of rotatable bonds is 48. The van der Waals surface area contributed by atoms with Gasteiger partial charge in [-0.25, -0.2) is 0 Å². The molecule has 0 aliphatic heterocycles. The van der Waals surface area contributed by atoms with Gasteiger partial charge in [0, 0.05) is 12.8 Å². The summed E-state index contributed by atoms with van der Waals surface area (Å²) in [7, 11) is 0. The molecule has 3 atom stereocenters. The van der Waals surface area contributed by atoms with E-state index in [0.29, 0.717) is 19.3 Å². The molecule has 3 N–H and O–H groups in total. The summed E-state index contributed by atoms with van der Waals surface area (Å²) in [5, 5.41) is 23.7. The van der Waals surface area contributed by atoms with E-state index in [1.807, 2.05) is 6.08 Å². The number of carbonyl (C=O) groups excluding carboxylic acids is 2. The summed E-state index contributed by atoms with van der Waals surface area (Å²) in [6.07, 6.45) is 63.1. The first-order chi connectivity index (χ1) is 31.0. The summed E-state index contributed by atoms with van der Waals surface area (Å²) in [6, 6.07) is -0.731. The second-order valence-electron chi connectivity index (χ2n) is 18.3. The molecule has 0 bridgehead atoms. The Hall–Kier alpha value is -2.44. The van der Waals surface area contributed by atoms with Gasteiger partial charge in [-0.3, -0.25) is 9.59 Å². The number of unbranched alkanes of at least 4 members (excludes halogenated alkanes) is 27. The zero-order valence-corrected chi connectivity index (χ0v) is 41.7. The lowest BCUT2D eigenvalue weighted by Gasteiger charge is -2.24. The number of hydrogen-bond acceptors (Lipinski definition) is 5. The van der Waals surface area contributed by atoms with Gasteiger partial charge in [0.2, 0.25) is 5.91 Å². The second-order valence-corrected chi connectivity index (χ2v) is 18.3. The number of esters is 1. The molecule has 0 saturated heterocycles. The summed E-state index contributed by atoms with van der Waals surface area (Å²) >= 11 is 0. The van der Waals surface area contributed by atoms with Crippen LogP contribution in [0.25, 0.3) is 0 Å². The van der Waals surface area contributed by atoms with Gasteiger partial charge in [-0.1, -0.05) is 261 Å². The lowest BCUT2D eigenvalue weighted by Crippen LogP contribution is -2.46. The molecular formula is C57H103NO5. The lowest BCUT2D eigenvalue weighted by atomic mass is 10.0. The Morgan fingerprint density at radius 2 is 0.825 bits per heavy atom. The molecule has 0 fully saturated rings. The van der Waals surface area contributed by atoms with Crippen LogP contribution in [0.15, 0.2) is 60.8 Å². The van der Waals surface area contributed by atoms with Crippen molar-refractivity contribution in [1.82, 2.24) is 5.32 Å². The molecule has 6 nitrogen and oxygen atoms in total. The zero-order chi connectivity index (χ0) is 45.9. The number of allylic oxidation sites excluding steroid dienone is 9. The van der Waals surface area contributed by atoms with Crippen LogP contribution in [0.5, 0.6) is 0 Å². The van der Waals surface area contributed by atoms with Crippen molar-refractivity contribution in [2.75, 3.05) is 6.61 Å². The first kappa shape index (κ1) is 60.6. The average molecular weight is 882 g/mol. The monoisotopic (exact) mass is 882 g/mol. The van der Waals surface area contributed by atoms with Gasteiger partial charge in [0.05, 0.1) is 25.2 Å². The summed E-state index contributed by atoms with van der Waals surface area (Å²) in [5.41, 5.74) is 0. The zero-order valence-electron chi connectivity index (χ0n) is 41.7. The molecule has 0 aliphatic rings. The summed E-state index contributed by atoms with van der Waals surface area (Å²) in [6.45, 7) is 6.34. The highest BCUT2D eigenvalue weighted by Gasteiger charge is 2.23. The molecule has 0 aromatic rings. The van der Waals surface area contributed by atoms with Crippen molar-refractivity contribution >= 4 is 11.9 Å². The number of nitrogens with one attached hydrogen (secondary N) is 1. The molecule has 63 heavy (non-hydrogen) atoms. The van der Waals surface area contributed by atoms with E-state index in [1.165, 1.54) is 148 Å². The van der Waals surface area contributed by atoms with Crippen molar-refractivity contribution in [1.29, 1.82) is 0 Å². The predicted molar refractivity (Wildman–Crippen MR) is 273 cm³/mol.